The van der Waals surface area contributed by atoms with E-state index < -0.39 is 0 Å². The number of thiazole rings is 1. The fourth-order valence-electron chi connectivity index (χ4n) is 2.68. The molecule has 0 spiro atoms. The van der Waals surface area contributed by atoms with Gasteiger partial charge in [0, 0.05) is 17.0 Å². The fourth-order valence-corrected chi connectivity index (χ4v) is 3.39. The summed E-state index contributed by atoms with van der Waals surface area (Å²) in [6.45, 7) is 0. The summed E-state index contributed by atoms with van der Waals surface area (Å²) in [4.78, 5) is 4.93. The van der Waals surface area contributed by atoms with Crippen LogP contribution in [0.5, 0.6) is 11.8 Å². The number of hydrogen-bond acceptors (Lipinski definition) is 6. The minimum atomic E-state index is 0.00364. The van der Waals surface area contributed by atoms with E-state index in [2.05, 4.69) is 10.1 Å². The van der Waals surface area contributed by atoms with Gasteiger partial charge in [-0.25, -0.2) is 10.5 Å². The van der Waals surface area contributed by atoms with Crippen molar-refractivity contribution in [3.8, 4) is 27.9 Å². The van der Waals surface area contributed by atoms with Gasteiger partial charge in [-0.05, 0) is 29.8 Å². The average Bonchev–Trinajstić information content (AvgIpc) is 3.20. The Balaban J connectivity index is 1.79. The average molecular weight is 336 g/mol. The van der Waals surface area contributed by atoms with Gasteiger partial charge in [0.15, 0.2) is 0 Å². The van der Waals surface area contributed by atoms with E-state index in [-0.39, 0.29) is 11.8 Å². The Kier molecular flexibility index (Phi) is 3.28. The summed E-state index contributed by atoms with van der Waals surface area (Å²) in [7, 11) is 0. The predicted octanol–water partition coefficient (Wildman–Crippen LogP) is 4.83. The molecule has 0 aliphatic carbocycles. The molecule has 2 aromatic carbocycles. The van der Waals surface area contributed by atoms with Crippen molar-refractivity contribution in [1.29, 1.82) is 5.53 Å². The van der Waals surface area contributed by atoms with Gasteiger partial charge in [-0.2, -0.15) is 0 Å². The molecule has 7 heteroatoms. The lowest BCUT2D eigenvalue weighted by atomic mass is 10.2. The molecule has 4 aromatic rings. The molecule has 24 heavy (non-hydrogen) atoms. The van der Waals surface area contributed by atoms with Crippen LogP contribution in [0.4, 0.5) is 5.13 Å². The summed E-state index contributed by atoms with van der Waals surface area (Å²) in [5, 5.41) is 25.7. The van der Waals surface area contributed by atoms with Gasteiger partial charge in [-0.15, -0.1) is 5.11 Å². The van der Waals surface area contributed by atoms with Gasteiger partial charge in [0.1, 0.15) is 0 Å². The highest BCUT2D eigenvalue weighted by molar-refractivity contribution is 7.18. The molecule has 0 saturated heterocycles. The van der Waals surface area contributed by atoms with E-state index in [9.17, 15) is 10.2 Å². The monoisotopic (exact) mass is 336 g/mol. The minimum Gasteiger partial charge on any atom is -0.494 e. The first-order valence-corrected chi connectivity index (χ1v) is 7.96. The molecular weight excluding hydrogens is 324 g/mol. The SMILES string of the molecule is N=Nc1ncc(-c2ccc(-n3c(O)c4ccccc4c3O)cc2)s1. The Bertz CT molecular complexity index is 1010. The number of hydrogen-bond donors (Lipinski definition) is 3. The first-order valence-electron chi connectivity index (χ1n) is 7.14. The molecule has 0 saturated carbocycles. The van der Waals surface area contributed by atoms with Crippen molar-refractivity contribution in [2.24, 2.45) is 5.11 Å². The minimum absolute atomic E-state index is 0.00364. The molecule has 2 heterocycles. The third-order valence-electron chi connectivity index (χ3n) is 3.83. The van der Waals surface area contributed by atoms with Crippen molar-refractivity contribution >= 4 is 27.2 Å². The maximum atomic E-state index is 10.4. The normalized spacial score (nSPS) is 11.0. The standard InChI is InChI=1S/C17H12N4O2S/c18-20-17-19-9-14(24-17)10-5-7-11(8-6-10)21-15(22)12-3-1-2-4-13(12)16(21)23/h1-9,18,22-23H. The van der Waals surface area contributed by atoms with Gasteiger partial charge in [0.2, 0.25) is 16.9 Å². The number of nitrogens with one attached hydrogen (secondary N) is 1. The maximum absolute atomic E-state index is 10.4. The predicted molar refractivity (Wildman–Crippen MR) is 92.5 cm³/mol. The summed E-state index contributed by atoms with van der Waals surface area (Å²) < 4.78 is 1.41. The summed E-state index contributed by atoms with van der Waals surface area (Å²) in [5.74, 6) is 0.00728. The molecule has 0 unspecified atom stereocenters. The molecule has 0 fully saturated rings. The molecule has 0 radical (unpaired) electrons. The number of aromatic nitrogens is 2. The smallest absolute Gasteiger partial charge is 0.229 e. The molecule has 2 aromatic heterocycles. The van der Waals surface area contributed by atoms with Crippen molar-refractivity contribution in [2.45, 2.75) is 0 Å². The Morgan fingerprint density at radius 1 is 0.958 bits per heavy atom. The van der Waals surface area contributed by atoms with Crippen molar-refractivity contribution in [3.05, 3.63) is 54.7 Å². The second-order valence-electron chi connectivity index (χ2n) is 5.19. The summed E-state index contributed by atoms with van der Waals surface area (Å²) in [6, 6.07) is 14.5. The zero-order chi connectivity index (χ0) is 16.7. The van der Waals surface area contributed by atoms with Crippen LogP contribution in [0.15, 0.2) is 59.8 Å². The number of benzene rings is 2. The van der Waals surface area contributed by atoms with E-state index >= 15 is 0 Å². The lowest BCUT2D eigenvalue weighted by Gasteiger charge is -2.07. The molecule has 0 amide bonds. The van der Waals surface area contributed by atoms with E-state index in [0.29, 0.717) is 21.6 Å². The molecule has 6 nitrogen and oxygen atoms in total. The lowest BCUT2D eigenvalue weighted by molar-refractivity contribution is 0.406. The number of fused-ring (bicyclic) bond motifs is 1. The van der Waals surface area contributed by atoms with E-state index in [0.717, 1.165) is 10.4 Å². The highest BCUT2D eigenvalue weighted by atomic mass is 32.1. The fraction of sp³-hybridized carbons (Fsp3) is 0. The third-order valence-corrected chi connectivity index (χ3v) is 4.77. The topological polar surface area (TPSA) is 94.5 Å². The number of aromatic hydroxyl groups is 2. The van der Waals surface area contributed by atoms with Gasteiger partial charge in [0.25, 0.3) is 0 Å². The summed E-state index contributed by atoms with van der Waals surface area (Å²) in [6.07, 6.45) is 1.67. The van der Waals surface area contributed by atoms with Crippen molar-refractivity contribution in [2.75, 3.05) is 0 Å². The Hall–Kier alpha value is -3.19. The van der Waals surface area contributed by atoms with Crippen LogP contribution < -0.4 is 0 Å². The van der Waals surface area contributed by atoms with Crippen LogP contribution in [0.3, 0.4) is 0 Å². The van der Waals surface area contributed by atoms with E-state index in [1.807, 2.05) is 36.4 Å². The van der Waals surface area contributed by atoms with E-state index in [1.165, 1.54) is 15.9 Å². The quantitative estimate of drug-likeness (QED) is 0.468. The van der Waals surface area contributed by atoms with E-state index in [4.69, 9.17) is 5.53 Å². The van der Waals surface area contributed by atoms with Gasteiger partial charge < -0.3 is 10.2 Å². The van der Waals surface area contributed by atoms with Crippen LogP contribution >= 0.6 is 11.3 Å². The molecule has 0 aliphatic heterocycles. The van der Waals surface area contributed by atoms with Crippen LogP contribution in [0.1, 0.15) is 0 Å². The second-order valence-corrected chi connectivity index (χ2v) is 6.20. The largest absolute Gasteiger partial charge is 0.494 e. The van der Waals surface area contributed by atoms with Gasteiger partial charge in [0.05, 0.1) is 10.6 Å². The van der Waals surface area contributed by atoms with Crippen molar-refractivity contribution < 1.29 is 10.2 Å². The van der Waals surface area contributed by atoms with Crippen LogP contribution in [0.2, 0.25) is 0 Å². The van der Waals surface area contributed by atoms with Crippen LogP contribution in [0, 0.1) is 5.53 Å². The van der Waals surface area contributed by atoms with E-state index in [1.54, 1.807) is 18.3 Å². The molecule has 0 atom stereocenters. The molecule has 0 bridgehead atoms. The molecule has 118 valence electrons. The number of rotatable bonds is 3. The van der Waals surface area contributed by atoms with Gasteiger partial charge >= 0.3 is 0 Å². The highest BCUT2D eigenvalue weighted by Gasteiger charge is 2.16. The molecule has 4 rings (SSSR count). The molecular formula is C17H12N4O2S. The summed E-state index contributed by atoms with van der Waals surface area (Å²) >= 11 is 1.33. The van der Waals surface area contributed by atoms with Crippen molar-refractivity contribution in [3.63, 3.8) is 0 Å². The zero-order valence-electron chi connectivity index (χ0n) is 12.3. The zero-order valence-corrected chi connectivity index (χ0v) is 13.2. The van der Waals surface area contributed by atoms with Gasteiger partial charge in [-0.1, -0.05) is 35.6 Å². The Labute approximate surface area is 140 Å². The Morgan fingerprint density at radius 2 is 1.58 bits per heavy atom. The lowest BCUT2D eigenvalue weighted by Crippen LogP contribution is -1.92. The first-order chi connectivity index (χ1) is 11.7. The third kappa shape index (κ3) is 2.14. The van der Waals surface area contributed by atoms with Crippen LogP contribution in [-0.2, 0) is 0 Å². The van der Waals surface area contributed by atoms with Crippen LogP contribution in [0.25, 0.3) is 26.9 Å². The first kappa shape index (κ1) is 14.4. The maximum Gasteiger partial charge on any atom is 0.229 e. The van der Waals surface area contributed by atoms with Crippen LogP contribution in [-0.4, -0.2) is 19.8 Å². The Morgan fingerprint density at radius 3 is 2.12 bits per heavy atom. The van der Waals surface area contributed by atoms with Gasteiger partial charge in [-0.3, -0.25) is 4.57 Å². The number of nitrogens with zero attached hydrogens (tertiary/aromatic N) is 3. The highest BCUT2D eigenvalue weighted by Crippen LogP contribution is 2.39. The summed E-state index contributed by atoms with van der Waals surface area (Å²) in [5.41, 5.74) is 8.57. The molecule has 0 aliphatic rings. The van der Waals surface area contributed by atoms with Crippen molar-refractivity contribution in [1.82, 2.24) is 9.55 Å². The molecule has 3 N–H and O–H groups in total. The second kappa shape index (κ2) is 5.47.